The molecular weight excluding hydrogens is 314 g/mol. The number of thiazole rings is 1. The molecule has 0 amide bonds. The summed E-state index contributed by atoms with van der Waals surface area (Å²) < 4.78 is 26.5. The first-order chi connectivity index (χ1) is 9.88. The lowest BCUT2D eigenvalue weighted by molar-refractivity contribution is -0.385. The Bertz CT molecular complexity index is 755. The number of sulfonamides is 1. The molecule has 2 aromatic rings. The number of hydrogen-bond donors (Lipinski definition) is 1. The molecule has 9 heteroatoms. The fourth-order valence-corrected chi connectivity index (χ4v) is 3.40. The van der Waals surface area contributed by atoms with Crippen LogP contribution in [0.25, 0.3) is 0 Å². The minimum absolute atomic E-state index is 0.119. The van der Waals surface area contributed by atoms with Crippen LogP contribution in [0.3, 0.4) is 0 Å². The number of hydrogen-bond acceptors (Lipinski definition) is 6. The summed E-state index contributed by atoms with van der Waals surface area (Å²) in [6.45, 7) is 2.07. The van der Waals surface area contributed by atoms with Crippen LogP contribution in [0.2, 0.25) is 0 Å². The lowest BCUT2D eigenvalue weighted by Crippen LogP contribution is -2.26. The van der Waals surface area contributed by atoms with Crippen molar-refractivity contribution in [1.29, 1.82) is 0 Å². The zero-order valence-electron chi connectivity index (χ0n) is 11.1. The molecule has 21 heavy (non-hydrogen) atoms. The maximum atomic E-state index is 12.1. The van der Waals surface area contributed by atoms with Gasteiger partial charge in [0.05, 0.1) is 20.5 Å². The molecule has 112 valence electrons. The third-order valence-corrected chi connectivity index (χ3v) is 4.96. The van der Waals surface area contributed by atoms with Gasteiger partial charge in [-0.25, -0.2) is 18.1 Å². The van der Waals surface area contributed by atoms with Crippen molar-refractivity contribution in [3.05, 3.63) is 50.5 Å². The molecule has 1 heterocycles. The third kappa shape index (κ3) is 4.06. The minimum Gasteiger partial charge on any atom is -0.258 e. The molecule has 0 aliphatic heterocycles. The van der Waals surface area contributed by atoms with Gasteiger partial charge in [0.15, 0.2) is 0 Å². The second-order valence-electron chi connectivity index (χ2n) is 4.26. The van der Waals surface area contributed by atoms with Gasteiger partial charge in [0.25, 0.3) is 5.69 Å². The van der Waals surface area contributed by atoms with Crippen LogP contribution in [0.1, 0.15) is 10.7 Å². The molecule has 7 nitrogen and oxygen atoms in total. The largest absolute Gasteiger partial charge is 0.270 e. The zero-order valence-corrected chi connectivity index (χ0v) is 12.8. The van der Waals surface area contributed by atoms with Gasteiger partial charge in [0.1, 0.15) is 0 Å². The van der Waals surface area contributed by atoms with E-state index in [1.807, 2.05) is 12.3 Å². The molecule has 1 aromatic heterocycles. The number of benzene rings is 1. The highest BCUT2D eigenvalue weighted by Crippen LogP contribution is 2.17. The van der Waals surface area contributed by atoms with Crippen molar-refractivity contribution in [2.45, 2.75) is 18.2 Å². The van der Waals surface area contributed by atoms with E-state index in [9.17, 15) is 18.5 Å². The van der Waals surface area contributed by atoms with Gasteiger partial charge in [-0.15, -0.1) is 11.3 Å². The average molecular weight is 327 g/mol. The minimum atomic E-state index is -3.76. The molecule has 1 aromatic carbocycles. The van der Waals surface area contributed by atoms with Gasteiger partial charge in [-0.05, 0) is 13.0 Å². The predicted octanol–water partition coefficient (Wildman–Crippen LogP) is 1.88. The van der Waals surface area contributed by atoms with Gasteiger partial charge in [-0.3, -0.25) is 10.1 Å². The third-order valence-electron chi connectivity index (χ3n) is 2.68. The Labute approximate surface area is 125 Å². The Morgan fingerprint density at radius 1 is 1.43 bits per heavy atom. The van der Waals surface area contributed by atoms with Gasteiger partial charge >= 0.3 is 0 Å². The summed E-state index contributed by atoms with van der Waals surface area (Å²) in [6.07, 6.45) is 0.471. The smallest absolute Gasteiger partial charge is 0.258 e. The van der Waals surface area contributed by atoms with Gasteiger partial charge in [-0.1, -0.05) is 6.07 Å². The van der Waals surface area contributed by atoms with E-state index in [2.05, 4.69) is 9.71 Å². The van der Waals surface area contributed by atoms with E-state index in [0.29, 0.717) is 6.42 Å². The Hall–Kier alpha value is -1.84. The maximum absolute atomic E-state index is 12.1. The van der Waals surface area contributed by atoms with Crippen LogP contribution in [-0.2, 0) is 16.4 Å². The van der Waals surface area contributed by atoms with E-state index in [4.69, 9.17) is 0 Å². The van der Waals surface area contributed by atoms with Crippen LogP contribution in [0.4, 0.5) is 5.69 Å². The van der Waals surface area contributed by atoms with Gasteiger partial charge in [0.2, 0.25) is 10.0 Å². The molecule has 0 radical (unpaired) electrons. The van der Waals surface area contributed by atoms with E-state index in [1.165, 1.54) is 29.5 Å². The highest BCUT2D eigenvalue weighted by Gasteiger charge is 2.17. The first-order valence-corrected chi connectivity index (χ1v) is 8.40. The van der Waals surface area contributed by atoms with E-state index < -0.39 is 14.9 Å². The van der Waals surface area contributed by atoms with E-state index in [0.717, 1.165) is 16.8 Å². The second-order valence-corrected chi connectivity index (χ2v) is 7.09. The summed E-state index contributed by atoms with van der Waals surface area (Å²) in [4.78, 5) is 14.2. The standard InChI is InChI=1S/C12H13N3O4S2/c1-9-14-10(8-20-9)5-6-13-21(18,19)12-4-2-3-11(7-12)15(16)17/h2-4,7-8,13H,5-6H2,1H3. The van der Waals surface area contributed by atoms with Crippen LogP contribution >= 0.6 is 11.3 Å². The predicted molar refractivity (Wildman–Crippen MR) is 78.8 cm³/mol. The maximum Gasteiger partial charge on any atom is 0.270 e. The summed E-state index contributed by atoms with van der Waals surface area (Å²) in [5.41, 5.74) is 0.562. The average Bonchev–Trinajstić information content (AvgIpc) is 2.84. The van der Waals surface area contributed by atoms with Crippen molar-refractivity contribution in [3.8, 4) is 0 Å². The Morgan fingerprint density at radius 2 is 2.19 bits per heavy atom. The number of nitro groups is 1. The molecule has 0 bridgehead atoms. The number of nitrogens with one attached hydrogen (secondary N) is 1. The van der Waals surface area contributed by atoms with Crippen molar-refractivity contribution in [1.82, 2.24) is 9.71 Å². The number of aromatic nitrogens is 1. The normalized spacial score (nSPS) is 11.5. The molecule has 2 rings (SSSR count). The lowest BCUT2D eigenvalue weighted by Gasteiger charge is -2.05. The highest BCUT2D eigenvalue weighted by atomic mass is 32.2. The summed E-state index contributed by atoms with van der Waals surface area (Å²) in [5, 5.41) is 13.5. The van der Waals surface area contributed by atoms with Gasteiger partial charge in [-0.2, -0.15) is 0 Å². The van der Waals surface area contributed by atoms with Crippen LogP contribution in [0.15, 0.2) is 34.5 Å². The van der Waals surface area contributed by atoms with Gasteiger partial charge < -0.3 is 0 Å². The molecule has 0 aliphatic rings. The Balaban J connectivity index is 2.04. The summed E-state index contributed by atoms with van der Waals surface area (Å²) in [5.74, 6) is 0. The van der Waals surface area contributed by atoms with Crippen molar-refractivity contribution < 1.29 is 13.3 Å². The summed E-state index contributed by atoms with van der Waals surface area (Å²) >= 11 is 1.50. The number of aryl methyl sites for hydroxylation is 1. The first-order valence-electron chi connectivity index (χ1n) is 6.03. The molecule has 0 saturated heterocycles. The molecule has 0 saturated carbocycles. The fourth-order valence-electron chi connectivity index (χ4n) is 1.68. The monoisotopic (exact) mass is 327 g/mol. The Kier molecular flexibility index (Phi) is 4.66. The molecule has 0 unspecified atom stereocenters. The van der Waals surface area contributed by atoms with E-state index in [-0.39, 0.29) is 17.1 Å². The van der Waals surface area contributed by atoms with Crippen LogP contribution in [0, 0.1) is 17.0 Å². The quantitative estimate of drug-likeness (QED) is 0.644. The summed E-state index contributed by atoms with van der Waals surface area (Å²) in [7, 11) is -3.76. The first kappa shape index (κ1) is 15.5. The van der Waals surface area contributed by atoms with Crippen molar-refractivity contribution in [2.24, 2.45) is 0 Å². The van der Waals surface area contributed by atoms with Gasteiger partial charge in [0, 0.05) is 30.5 Å². The molecule has 0 spiro atoms. The Morgan fingerprint density at radius 3 is 2.81 bits per heavy atom. The second kappa shape index (κ2) is 6.29. The fraction of sp³-hybridized carbons (Fsp3) is 0.250. The van der Waals surface area contributed by atoms with Crippen LogP contribution < -0.4 is 4.72 Å². The van der Waals surface area contributed by atoms with Crippen LogP contribution in [-0.4, -0.2) is 24.9 Å². The highest BCUT2D eigenvalue weighted by molar-refractivity contribution is 7.89. The van der Waals surface area contributed by atoms with E-state index >= 15 is 0 Å². The number of non-ortho nitro benzene ring substituents is 1. The summed E-state index contributed by atoms with van der Waals surface area (Å²) in [6, 6.07) is 4.95. The molecule has 0 fully saturated rings. The zero-order chi connectivity index (χ0) is 15.5. The van der Waals surface area contributed by atoms with Crippen molar-refractivity contribution >= 4 is 27.0 Å². The van der Waals surface area contributed by atoms with Crippen molar-refractivity contribution in [2.75, 3.05) is 6.54 Å². The number of nitro benzene ring substituents is 1. The number of nitrogens with zero attached hydrogens (tertiary/aromatic N) is 2. The lowest BCUT2D eigenvalue weighted by atomic mass is 10.3. The topological polar surface area (TPSA) is 102 Å². The molecule has 0 aliphatic carbocycles. The number of rotatable bonds is 6. The molecule has 1 N–H and O–H groups in total. The van der Waals surface area contributed by atoms with Crippen molar-refractivity contribution in [3.63, 3.8) is 0 Å². The SMILES string of the molecule is Cc1nc(CCNS(=O)(=O)c2cccc([N+](=O)[O-])c2)cs1. The molecular formula is C12H13N3O4S2. The van der Waals surface area contributed by atoms with Crippen LogP contribution in [0.5, 0.6) is 0 Å². The van der Waals surface area contributed by atoms with E-state index in [1.54, 1.807) is 0 Å². The molecule has 0 atom stereocenters.